The van der Waals surface area contributed by atoms with Crippen LogP contribution in [0.3, 0.4) is 0 Å². The first-order chi connectivity index (χ1) is 23.3. The van der Waals surface area contributed by atoms with Crippen molar-refractivity contribution in [1.82, 2.24) is 14.5 Å². The van der Waals surface area contributed by atoms with Gasteiger partial charge in [0.2, 0.25) is 5.96 Å². The lowest BCUT2D eigenvalue weighted by molar-refractivity contribution is 0.553. The Morgan fingerprint density at radius 3 is 2.11 bits per heavy atom. The van der Waals surface area contributed by atoms with E-state index in [0.717, 1.165) is 41.3 Å². The average Bonchev–Trinajstić information content (AvgIpc) is 3.65. The van der Waals surface area contributed by atoms with Gasteiger partial charge in [0.1, 0.15) is 0 Å². The molecule has 2 unspecified atom stereocenters. The van der Waals surface area contributed by atoms with Crippen molar-refractivity contribution in [2.24, 2.45) is 10.9 Å². The summed E-state index contributed by atoms with van der Waals surface area (Å²) >= 11 is 0. The molecule has 0 amide bonds. The second-order valence-corrected chi connectivity index (χ2v) is 12.5. The molecule has 4 heteroatoms. The van der Waals surface area contributed by atoms with Crippen LogP contribution in [-0.4, -0.2) is 15.1 Å². The van der Waals surface area contributed by atoms with Gasteiger partial charge in [0, 0.05) is 39.3 Å². The molecule has 3 heterocycles. The van der Waals surface area contributed by atoms with Crippen molar-refractivity contribution < 1.29 is 0 Å². The second-order valence-electron chi connectivity index (χ2n) is 12.5. The molecule has 1 aliphatic heterocycles. The lowest BCUT2D eigenvalue weighted by Gasteiger charge is -2.25. The molecule has 226 valence electrons. The highest BCUT2D eigenvalue weighted by molar-refractivity contribution is 6.25. The van der Waals surface area contributed by atoms with Crippen LogP contribution in [0.15, 0.2) is 169 Å². The van der Waals surface area contributed by atoms with Gasteiger partial charge in [-0.3, -0.25) is 4.57 Å². The fourth-order valence-corrected chi connectivity index (χ4v) is 7.44. The molecule has 1 aliphatic carbocycles. The molecule has 47 heavy (non-hydrogen) atoms. The summed E-state index contributed by atoms with van der Waals surface area (Å²) in [6.07, 6.45) is 12.0. The number of nitrogens with one attached hydrogen (secondary N) is 1. The summed E-state index contributed by atoms with van der Waals surface area (Å²) in [6.45, 7) is 4.86. The monoisotopic (exact) mass is 606 g/mol. The van der Waals surface area contributed by atoms with Gasteiger partial charge in [0.15, 0.2) is 0 Å². The number of allylic oxidation sites excluding steroid dienone is 5. The van der Waals surface area contributed by atoms with Gasteiger partial charge in [-0.05, 0) is 47.2 Å². The molecule has 2 aromatic heterocycles. The summed E-state index contributed by atoms with van der Waals surface area (Å²) in [5.74, 6) is 1.21. The third-order valence-corrected chi connectivity index (χ3v) is 9.70. The summed E-state index contributed by atoms with van der Waals surface area (Å²) in [5.41, 5.74) is 9.35. The zero-order valence-corrected chi connectivity index (χ0v) is 26.1. The Balaban J connectivity index is 1.33. The van der Waals surface area contributed by atoms with Gasteiger partial charge >= 0.3 is 0 Å². The fraction of sp³-hybridized carbons (Fsp3) is 0.0930. The first-order valence-corrected chi connectivity index (χ1v) is 16.4. The maximum atomic E-state index is 5.45. The zero-order valence-electron chi connectivity index (χ0n) is 26.1. The molecule has 2 atom stereocenters. The highest BCUT2D eigenvalue weighted by atomic mass is 15.2. The molecule has 7 aromatic rings. The largest absolute Gasteiger partial charge is 0.338 e. The van der Waals surface area contributed by atoms with E-state index >= 15 is 0 Å². The minimum Gasteiger partial charge on any atom is -0.338 e. The number of para-hydroxylation sites is 2. The van der Waals surface area contributed by atoms with Crippen LogP contribution in [0.2, 0.25) is 0 Å². The molecule has 0 radical (unpaired) electrons. The number of hydrogen-bond acceptors (Lipinski definition) is 2. The molecule has 4 nitrogen and oxygen atoms in total. The van der Waals surface area contributed by atoms with Crippen LogP contribution in [-0.2, 0) is 6.54 Å². The van der Waals surface area contributed by atoms with E-state index in [1.807, 2.05) is 6.08 Å². The lowest BCUT2D eigenvalue weighted by atomic mass is 9.96. The van der Waals surface area contributed by atoms with E-state index in [-0.39, 0.29) is 6.04 Å². The van der Waals surface area contributed by atoms with Crippen LogP contribution in [0.5, 0.6) is 0 Å². The van der Waals surface area contributed by atoms with E-state index in [9.17, 15) is 0 Å². The van der Waals surface area contributed by atoms with Crippen LogP contribution >= 0.6 is 0 Å². The number of benzene rings is 5. The average molecular weight is 607 g/mol. The van der Waals surface area contributed by atoms with Crippen molar-refractivity contribution in [3.63, 3.8) is 0 Å². The molecular weight excluding hydrogens is 573 g/mol. The molecular formula is C43H34N4. The lowest BCUT2D eigenvalue weighted by Crippen LogP contribution is -2.32. The Labute approximate surface area is 274 Å². The van der Waals surface area contributed by atoms with Crippen LogP contribution in [0, 0.1) is 5.92 Å². The number of hydrogen-bond donors (Lipinski definition) is 1. The van der Waals surface area contributed by atoms with Gasteiger partial charge in [-0.25, -0.2) is 4.99 Å². The zero-order chi connectivity index (χ0) is 31.3. The van der Waals surface area contributed by atoms with E-state index in [4.69, 9.17) is 4.99 Å². The van der Waals surface area contributed by atoms with Crippen molar-refractivity contribution in [3.8, 4) is 0 Å². The maximum Gasteiger partial charge on any atom is 0.208 e. The molecule has 0 spiro atoms. The molecule has 0 saturated heterocycles. The molecule has 0 bridgehead atoms. The summed E-state index contributed by atoms with van der Waals surface area (Å²) in [5, 5.41) is 8.77. The number of rotatable bonds is 5. The summed E-state index contributed by atoms with van der Waals surface area (Å²) in [6, 6.07) is 43.2. The van der Waals surface area contributed by atoms with E-state index < -0.39 is 0 Å². The maximum absolute atomic E-state index is 5.45. The van der Waals surface area contributed by atoms with Crippen LogP contribution in [0.25, 0.3) is 49.3 Å². The number of nitrogens with zero attached hydrogens (tertiary/aromatic N) is 3. The molecule has 5 aromatic carbocycles. The normalized spacial score (nSPS) is 17.9. The van der Waals surface area contributed by atoms with E-state index in [1.165, 1.54) is 43.7 Å². The number of aliphatic imine (C=N–C) groups is 1. The predicted octanol–water partition coefficient (Wildman–Crippen LogP) is 10.2. The molecule has 0 saturated carbocycles. The van der Waals surface area contributed by atoms with Crippen molar-refractivity contribution in [2.45, 2.75) is 19.0 Å². The molecule has 1 N–H and O–H groups in total. The van der Waals surface area contributed by atoms with Crippen LogP contribution < -0.4 is 5.32 Å². The highest BCUT2D eigenvalue weighted by Gasteiger charge is 2.26. The van der Waals surface area contributed by atoms with Gasteiger partial charge in [-0.2, -0.15) is 0 Å². The van der Waals surface area contributed by atoms with Gasteiger partial charge < -0.3 is 9.88 Å². The smallest absolute Gasteiger partial charge is 0.208 e. The highest BCUT2D eigenvalue weighted by Crippen LogP contribution is 2.40. The Morgan fingerprint density at radius 2 is 1.38 bits per heavy atom. The Bertz CT molecular complexity index is 2450. The van der Waals surface area contributed by atoms with E-state index in [2.05, 4.69) is 167 Å². The standard InChI is InChI=1S/C43H34N4/c1-2-29-21-23-30(24-22-29)28-46-39-19-11-9-17-33(39)35-25-26-36-34-18-10-12-20-40(34)47(42(36)41(35)46)43-44-37(31-13-5-3-6-14-31)27-38(45-43)32-15-7-4-8-16-32/h2-23,25-27,30,37H,1,24,28H2,(H,44,45). The second kappa shape index (κ2) is 11.2. The summed E-state index contributed by atoms with van der Waals surface area (Å²) in [4.78, 5) is 5.45. The minimum absolute atomic E-state index is 0.137. The molecule has 0 fully saturated rings. The fourth-order valence-electron chi connectivity index (χ4n) is 7.44. The van der Waals surface area contributed by atoms with E-state index in [0.29, 0.717) is 5.92 Å². The number of aromatic nitrogens is 2. The van der Waals surface area contributed by atoms with Gasteiger partial charge in [-0.15, -0.1) is 0 Å². The van der Waals surface area contributed by atoms with E-state index in [1.54, 1.807) is 0 Å². The molecule has 9 rings (SSSR count). The van der Waals surface area contributed by atoms with Gasteiger partial charge in [-0.1, -0.05) is 140 Å². The van der Waals surface area contributed by atoms with Crippen molar-refractivity contribution in [1.29, 1.82) is 0 Å². The van der Waals surface area contributed by atoms with Gasteiger partial charge in [0.05, 0.1) is 22.6 Å². The van der Waals surface area contributed by atoms with Crippen LogP contribution in [0.1, 0.15) is 23.6 Å². The summed E-state index contributed by atoms with van der Waals surface area (Å²) < 4.78 is 4.93. The predicted molar refractivity (Wildman–Crippen MR) is 198 cm³/mol. The quantitative estimate of drug-likeness (QED) is 0.208. The SMILES string of the molecule is C=CC1=CCC(Cn2c3ccccc3c3ccc4c5ccccc5n(C5=NC(c6ccccc6)C=C(c6ccccc6)N5)c4c32)C=C1. The Hall–Kier alpha value is -5.87. The minimum atomic E-state index is -0.137. The Morgan fingerprint density at radius 1 is 0.723 bits per heavy atom. The first kappa shape index (κ1) is 27.4. The van der Waals surface area contributed by atoms with Crippen molar-refractivity contribution in [3.05, 3.63) is 175 Å². The molecule has 2 aliphatic rings. The third kappa shape index (κ3) is 4.56. The van der Waals surface area contributed by atoms with Gasteiger partial charge in [0.25, 0.3) is 0 Å². The third-order valence-electron chi connectivity index (χ3n) is 9.70. The van der Waals surface area contributed by atoms with Crippen molar-refractivity contribution in [2.75, 3.05) is 0 Å². The Kier molecular flexibility index (Phi) is 6.53. The topological polar surface area (TPSA) is 34.2 Å². The van der Waals surface area contributed by atoms with Crippen LogP contribution in [0.4, 0.5) is 0 Å². The van der Waals surface area contributed by atoms with Crippen molar-refractivity contribution >= 4 is 55.3 Å². The number of fused-ring (bicyclic) bond motifs is 7. The first-order valence-electron chi connectivity index (χ1n) is 16.4. The summed E-state index contributed by atoms with van der Waals surface area (Å²) in [7, 11) is 0.